The van der Waals surface area contributed by atoms with Crippen molar-refractivity contribution >= 4 is 11.8 Å². The predicted molar refractivity (Wildman–Crippen MR) is 115 cm³/mol. The summed E-state index contributed by atoms with van der Waals surface area (Å²) in [7, 11) is 0. The maximum Gasteiger partial charge on any atom is 0.253 e. The van der Waals surface area contributed by atoms with E-state index in [9.17, 15) is 9.59 Å². The second-order valence-corrected chi connectivity index (χ2v) is 7.93. The molecule has 2 fully saturated rings. The number of benzene rings is 2. The first kappa shape index (κ1) is 19.8. The molecule has 0 aliphatic carbocycles. The summed E-state index contributed by atoms with van der Waals surface area (Å²) >= 11 is 0. The molecule has 2 aliphatic heterocycles. The van der Waals surface area contributed by atoms with Crippen molar-refractivity contribution in [3.05, 3.63) is 78.4 Å². The molecule has 30 heavy (non-hydrogen) atoms. The molecular weight excluding hydrogens is 376 g/mol. The first-order valence-corrected chi connectivity index (χ1v) is 9.98. The zero-order chi connectivity index (χ0) is 21.1. The second kappa shape index (κ2) is 8.08. The van der Waals surface area contributed by atoms with Crippen LogP contribution in [-0.4, -0.2) is 54.4 Å². The van der Waals surface area contributed by atoms with Crippen molar-refractivity contribution in [3.8, 4) is 18.1 Å². The minimum atomic E-state index is -0.120. The Labute approximate surface area is 176 Å². The standard InChI is InChI=1S/C25H24N2O3/c1-3-14-30-21-12-10-20(11-13-21)24(29)27-17-25(18-27)16-26(23(28)4-2)15-22(25)19-8-6-5-7-9-19/h1,4-13,22H,2,14-18H2/t22-/m1/s1. The Balaban J connectivity index is 1.49. The number of carbonyl (C=O) groups is 2. The number of likely N-dealkylation sites (tertiary alicyclic amines) is 2. The molecule has 2 aromatic rings. The third-order valence-electron chi connectivity index (χ3n) is 6.06. The smallest absolute Gasteiger partial charge is 0.253 e. The van der Waals surface area contributed by atoms with Crippen LogP contribution in [0.15, 0.2) is 67.3 Å². The van der Waals surface area contributed by atoms with Gasteiger partial charge in [-0.25, -0.2) is 0 Å². The van der Waals surface area contributed by atoms with Crippen LogP contribution in [-0.2, 0) is 4.79 Å². The lowest BCUT2D eigenvalue weighted by Gasteiger charge is -2.51. The van der Waals surface area contributed by atoms with Crippen LogP contribution in [0.4, 0.5) is 0 Å². The SMILES string of the molecule is C#CCOc1ccc(C(=O)N2CC3(CN(C(=O)C=C)C[C@@H]3c3ccccc3)C2)cc1. The van der Waals surface area contributed by atoms with Crippen molar-refractivity contribution in [2.45, 2.75) is 5.92 Å². The van der Waals surface area contributed by atoms with Crippen molar-refractivity contribution < 1.29 is 14.3 Å². The molecule has 2 aliphatic rings. The molecule has 2 amide bonds. The molecule has 4 rings (SSSR count). The van der Waals surface area contributed by atoms with Crippen molar-refractivity contribution in [1.82, 2.24) is 9.80 Å². The predicted octanol–water partition coefficient (Wildman–Crippen LogP) is 2.95. The van der Waals surface area contributed by atoms with Crippen LogP contribution in [0.2, 0.25) is 0 Å². The Morgan fingerprint density at radius 2 is 1.77 bits per heavy atom. The first-order valence-electron chi connectivity index (χ1n) is 9.98. The molecule has 152 valence electrons. The van der Waals surface area contributed by atoms with Gasteiger partial charge in [-0.3, -0.25) is 9.59 Å². The molecule has 0 N–H and O–H groups in total. The van der Waals surface area contributed by atoms with Crippen LogP contribution in [0.5, 0.6) is 5.75 Å². The number of nitrogens with zero attached hydrogens (tertiary/aromatic N) is 2. The first-order chi connectivity index (χ1) is 14.6. The summed E-state index contributed by atoms with van der Waals surface area (Å²) in [4.78, 5) is 28.9. The van der Waals surface area contributed by atoms with E-state index >= 15 is 0 Å². The van der Waals surface area contributed by atoms with Crippen LogP contribution in [0.1, 0.15) is 21.8 Å². The maximum absolute atomic E-state index is 13.0. The topological polar surface area (TPSA) is 49.9 Å². The minimum Gasteiger partial charge on any atom is -0.481 e. The molecule has 0 saturated carbocycles. The fourth-order valence-corrected chi connectivity index (χ4v) is 4.59. The van der Waals surface area contributed by atoms with Gasteiger partial charge in [0.15, 0.2) is 0 Å². The Hall–Kier alpha value is -3.52. The van der Waals surface area contributed by atoms with E-state index in [2.05, 4.69) is 24.6 Å². The molecule has 0 aromatic heterocycles. The third-order valence-corrected chi connectivity index (χ3v) is 6.06. The van der Waals surface area contributed by atoms with Gasteiger partial charge in [-0.15, -0.1) is 6.42 Å². The van der Waals surface area contributed by atoms with Crippen LogP contribution in [0, 0.1) is 17.8 Å². The second-order valence-electron chi connectivity index (χ2n) is 7.93. The van der Waals surface area contributed by atoms with E-state index in [1.807, 2.05) is 28.0 Å². The van der Waals surface area contributed by atoms with Crippen LogP contribution >= 0.6 is 0 Å². The highest BCUT2D eigenvalue weighted by Gasteiger charge is 2.56. The lowest BCUT2D eigenvalue weighted by Crippen LogP contribution is -2.61. The summed E-state index contributed by atoms with van der Waals surface area (Å²) in [5.74, 6) is 3.20. The van der Waals surface area contributed by atoms with E-state index in [1.165, 1.54) is 11.6 Å². The summed E-state index contributed by atoms with van der Waals surface area (Å²) in [5, 5.41) is 0. The van der Waals surface area contributed by atoms with Gasteiger partial charge in [-0.05, 0) is 35.9 Å². The maximum atomic E-state index is 13.0. The summed E-state index contributed by atoms with van der Waals surface area (Å²) in [6.45, 7) is 6.37. The summed E-state index contributed by atoms with van der Waals surface area (Å²) in [5.41, 5.74) is 1.70. The average Bonchev–Trinajstić information content (AvgIpc) is 3.18. The quantitative estimate of drug-likeness (QED) is 0.573. The molecule has 0 unspecified atom stereocenters. The fraction of sp³-hybridized carbons (Fsp3) is 0.280. The number of terminal acetylenes is 1. The van der Waals surface area contributed by atoms with Crippen molar-refractivity contribution in [1.29, 1.82) is 0 Å². The Bertz CT molecular complexity index is 985. The number of hydrogen-bond acceptors (Lipinski definition) is 3. The van der Waals surface area contributed by atoms with E-state index in [0.29, 0.717) is 37.5 Å². The van der Waals surface area contributed by atoms with Crippen LogP contribution < -0.4 is 4.74 Å². The molecule has 1 spiro atoms. The molecule has 1 atom stereocenters. The van der Waals surface area contributed by atoms with Gasteiger partial charge in [-0.1, -0.05) is 42.8 Å². The highest BCUT2D eigenvalue weighted by atomic mass is 16.5. The van der Waals surface area contributed by atoms with Gasteiger partial charge >= 0.3 is 0 Å². The van der Waals surface area contributed by atoms with Gasteiger partial charge in [0.2, 0.25) is 5.91 Å². The molecule has 5 heteroatoms. The third kappa shape index (κ3) is 3.57. The molecule has 5 nitrogen and oxygen atoms in total. The summed E-state index contributed by atoms with van der Waals surface area (Å²) in [6, 6.07) is 17.3. The van der Waals surface area contributed by atoms with E-state index in [0.717, 1.165) is 0 Å². The lowest BCUT2D eigenvalue weighted by atomic mass is 9.69. The highest BCUT2D eigenvalue weighted by Crippen LogP contribution is 2.49. The number of ether oxygens (including phenoxy) is 1. The number of hydrogen-bond donors (Lipinski definition) is 0. The molecule has 2 heterocycles. The van der Waals surface area contributed by atoms with Crippen LogP contribution in [0.3, 0.4) is 0 Å². The normalized spacial score (nSPS) is 19.1. The lowest BCUT2D eigenvalue weighted by molar-refractivity contribution is -0.125. The van der Waals surface area contributed by atoms with Gasteiger partial charge < -0.3 is 14.5 Å². The summed E-state index contributed by atoms with van der Waals surface area (Å²) < 4.78 is 5.37. The Kier molecular flexibility index (Phi) is 5.33. The van der Waals surface area contributed by atoms with Crippen LogP contribution in [0.25, 0.3) is 0 Å². The van der Waals surface area contributed by atoms with Gasteiger partial charge in [0, 0.05) is 43.1 Å². The zero-order valence-electron chi connectivity index (χ0n) is 16.8. The fourth-order valence-electron chi connectivity index (χ4n) is 4.59. The molecule has 2 saturated heterocycles. The summed E-state index contributed by atoms with van der Waals surface area (Å²) in [6.07, 6.45) is 6.57. The van der Waals surface area contributed by atoms with E-state index < -0.39 is 0 Å². The van der Waals surface area contributed by atoms with Gasteiger partial charge in [-0.2, -0.15) is 0 Å². The van der Waals surface area contributed by atoms with E-state index in [4.69, 9.17) is 11.2 Å². The van der Waals surface area contributed by atoms with Gasteiger partial charge in [0.25, 0.3) is 5.91 Å². The average molecular weight is 400 g/mol. The van der Waals surface area contributed by atoms with E-state index in [1.54, 1.807) is 24.3 Å². The molecular formula is C25H24N2O3. The highest BCUT2D eigenvalue weighted by molar-refractivity contribution is 5.95. The zero-order valence-corrected chi connectivity index (χ0v) is 16.8. The van der Waals surface area contributed by atoms with Gasteiger partial charge in [0.05, 0.1) is 0 Å². The molecule has 0 bridgehead atoms. The number of carbonyl (C=O) groups excluding carboxylic acids is 2. The Morgan fingerprint density at radius 1 is 1.10 bits per heavy atom. The van der Waals surface area contributed by atoms with Gasteiger partial charge in [0.1, 0.15) is 12.4 Å². The Morgan fingerprint density at radius 3 is 2.40 bits per heavy atom. The monoisotopic (exact) mass is 400 g/mol. The van der Waals surface area contributed by atoms with Crippen molar-refractivity contribution in [2.24, 2.45) is 5.41 Å². The van der Waals surface area contributed by atoms with Crippen molar-refractivity contribution in [2.75, 3.05) is 32.8 Å². The minimum absolute atomic E-state index is 0.00978. The number of amides is 2. The van der Waals surface area contributed by atoms with E-state index in [-0.39, 0.29) is 29.8 Å². The van der Waals surface area contributed by atoms with Crippen molar-refractivity contribution in [3.63, 3.8) is 0 Å². The largest absolute Gasteiger partial charge is 0.481 e. The molecule has 0 radical (unpaired) electrons. The molecule has 2 aromatic carbocycles. The number of rotatable bonds is 5.